The Labute approximate surface area is 168 Å². The number of hydrogen-bond donors (Lipinski definition) is 2. The Kier molecular flexibility index (Phi) is 12.3. The molecule has 0 spiro atoms. The number of aliphatic hydroxyl groups is 1. The summed E-state index contributed by atoms with van der Waals surface area (Å²) in [7, 11) is 0. The van der Waals surface area contributed by atoms with Gasteiger partial charge in [0.05, 0.1) is 33.0 Å². The summed E-state index contributed by atoms with van der Waals surface area (Å²) in [6.45, 7) is 8.47. The molecule has 28 heavy (non-hydrogen) atoms. The molecule has 0 aliphatic rings. The van der Waals surface area contributed by atoms with Crippen molar-refractivity contribution in [1.82, 2.24) is 5.32 Å². The Balaban J connectivity index is 2.06. The number of benzene rings is 1. The van der Waals surface area contributed by atoms with Crippen molar-refractivity contribution >= 4 is 6.09 Å². The fraction of sp³-hybridized carbons (Fsp3) is 0.667. The van der Waals surface area contributed by atoms with E-state index >= 15 is 0 Å². The highest BCUT2D eigenvalue weighted by atomic mass is 16.6. The summed E-state index contributed by atoms with van der Waals surface area (Å²) >= 11 is 0. The largest absolute Gasteiger partial charge is 0.491 e. The lowest BCUT2D eigenvalue weighted by atomic mass is 10.1. The van der Waals surface area contributed by atoms with Gasteiger partial charge in [-0.15, -0.1) is 0 Å². The highest BCUT2D eigenvalue weighted by molar-refractivity contribution is 5.67. The average Bonchev–Trinajstić information content (AvgIpc) is 2.63. The lowest BCUT2D eigenvalue weighted by Gasteiger charge is -2.19. The summed E-state index contributed by atoms with van der Waals surface area (Å²) in [5.74, 6) is 0.815. The zero-order valence-corrected chi connectivity index (χ0v) is 17.4. The quantitative estimate of drug-likeness (QED) is 0.470. The molecule has 0 saturated heterocycles. The molecule has 0 fully saturated rings. The number of alkyl carbamates (subject to hydrolysis) is 1. The minimum atomic E-state index is -0.464. The van der Waals surface area contributed by atoms with Crippen molar-refractivity contribution in [2.24, 2.45) is 0 Å². The number of nitrogens with one attached hydrogen (secondary N) is 1. The molecule has 160 valence electrons. The second kappa shape index (κ2) is 14.2. The molecule has 0 aliphatic heterocycles. The zero-order valence-electron chi connectivity index (χ0n) is 17.4. The first kappa shape index (κ1) is 24.2. The number of amides is 1. The van der Waals surface area contributed by atoms with Crippen LogP contribution in [0.1, 0.15) is 39.2 Å². The third-order valence-corrected chi connectivity index (χ3v) is 3.59. The zero-order chi connectivity index (χ0) is 20.7. The first-order valence-corrected chi connectivity index (χ1v) is 9.85. The molecular weight excluding hydrogens is 362 g/mol. The predicted octanol–water partition coefficient (Wildman–Crippen LogP) is 2.94. The number of rotatable bonds is 14. The van der Waals surface area contributed by atoms with Crippen LogP contribution in [0.25, 0.3) is 0 Å². The molecule has 0 aliphatic carbocycles. The second-order valence-corrected chi connectivity index (χ2v) is 7.33. The van der Waals surface area contributed by atoms with E-state index in [-0.39, 0.29) is 12.7 Å². The van der Waals surface area contributed by atoms with E-state index in [1.54, 1.807) is 0 Å². The predicted molar refractivity (Wildman–Crippen MR) is 108 cm³/mol. The topological polar surface area (TPSA) is 86.3 Å². The fourth-order valence-electron chi connectivity index (χ4n) is 2.32. The van der Waals surface area contributed by atoms with E-state index in [4.69, 9.17) is 24.1 Å². The van der Waals surface area contributed by atoms with Gasteiger partial charge in [0.1, 0.15) is 18.0 Å². The van der Waals surface area contributed by atoms with Gasteiger partial charge < -0.3 is 29.4 Å². The minimum absolute atomic E-state index is 0.0298. The summed E-state index contributed by atoms with van der Waals surface area (Å²) in [6, 6.07) is 8.03. The second-order valence-electron chi connectivity index (χ2n) is 7.33. The first-order valence-electron chi connectivity index (χ1n) is 9.85. The number of aliphatic hydroxyl groups excluding tert-OH is 1. The van der Waals surface area contributed by atoms with Gasteiger partial charge in [-0.05, 0) is 57.7 Å². The number of aryl methyl sites for hydroxylation is 1. The van der Waals surface area contributed by atoms with Gasteiger partial charge in [-0.2, -0.15) is 0 Å². The van der Waals surface area contributed by atoms with Crippen molar-refractivity contribution in [1.29, 1.82) is 0 Å². The molecular formula is C21H35NO6. The highest BCUT2D eigenvalue weighted by Crippen LogP contribution is 2.14. The molecule has 1 aromatic rings. The van der Waals surface area contributed by atoms with Crippen molar-refractivity contribution < 1.29 is 28.8 Å². The Morgan fingerprint density at radius 2 is 1.61 bits per heavy atom. The van der Waals surface area contributed by atoms with E-state index in [1.807, 2.05) is 32.9 Å². The van der Waals surface area contributed by atoms with Crippen LogP contribution in [0.4, 0.5) is 4.79 Å². The lowest BCUT2D eigenvalue weighted by molar-refractivity contribution is 0.0247. The molecule has 0 saturated carbocycles. The van der Waals surface area contributed by atoms with Crippen molar-refractivity contribution in [3.8, 4) is 5.75 Å². The third kappa shape index (κ3) is 13.4. The van der Waals surface area contributed by atoms with Gasteiger partial charge in [0.2, 0.25) is 0 Å². The monoisotopic (exact) mass is 397 g/mol. The summed E-state index contributed by atoms with van der Waals surface area (Å²) < 4.78 is 21.3. The van der Waals surface area contributed by atoms with Gasteiger partial charge in [0.15, 0.2) is 0 Å². The maximum Gasteiger partial charge on any atom is 0.407 e. The van der Waals surface area contributed by atoms with Crippen LogP contribution in [0.15, 0.2) is 24.3 Å². The van der Waals surface area contributed by atoms with Gasteiger partial charge in [-0.25, -0.2) is 4.79 Å². The lowest BCUT2D eigenvalue weighted by Crippen LogP contribution is -2.33. The molecule has 2 N–H and O–H groups in total. The van der Waals surface area contributed by atoms with Gasteiger partial charge >= 0.3 is 6.09 Å². The fourth-order valence-corrected chi connectivity index (χ4v) is 2.32. The summed E-state index contributed by atoms with van der Waals surface area (Å²) in [4.78, 5) is 11.5. The van der Waals surface area contributed by atoms with Crippen molar-refractivity contribution in [2.45, 2.75) is 45.6 Å². The van der Waals surface area contributed by atoms with Gasteiger partial charge in [0.25, 0.3) is 0 Å². The van der Waals surface area contributed by atoms with Crippen LogP contribution in [0, 0.1) is 0 Å². The van der Waals surface area contributed by atoms with Crippen LogP contribution in [-0.4, -0.2) is 63.0 Å². The Hall–Kier alpha value is -1.83. The molecule has 0 heterocycles. The number of carbonyl (C=O) groups is 1. The van der Waals surface area contributed by atoms with E-state index in [0.29, 0.717) is 39.6 Å². The van der Waals surface area contributed by atoms with Crippen LogP contribution >= 0.6 is 0 Å². The van der Waals surface area contributed by atoms with Crippen LogP contribution in [0.3, 0.4) is 0 Å². The van der Waals surface area contributed by atoms with Crippen LogP contribution < -0.4 is 10.1 Å². The van der Waals surface area contributed by atoms with E-state index in [1.165, 1.54) is 5.56 Å². The van der Waals surface area contributed by atoms with E-state index in [9.17, 15) is 4.79 Å². The standard InChI is InChI=1S/C21H35NO6/c1-21(2,3)28-20(24)22-11-5-4-6-18-7-9-19(10-8-18)27-17-16-26-15-14-25-13-12-23/h7-10,23H,4-6,11-17H2,1-3H3,(H,22,24). The number of carbonyl (C=O) groups excluding carboxylic acids is 1. The van der Waals surface area contributed by atoms with E-state index < -0.39 is 5.60 Å². The Bertz CT molecular complexity index is 527. The molecule has 0 unspecified atom stereocenters. The smallest absolute Gasteiger partial charge is 0.407 e. The van der Waals surface area contributed by atoms with Crippen molar-refractivity contribution in [3.63, 3.8) is 0 Å². The van der Waals surface area contributed by atoms with Crippen LogP contribution in [0.5, 0.6) is 5.75 Å². The molecule has 0 atom stereocenters. The summed E-state index contributed by atoms with van der Waals surface area (Å²) in [5, 5.41) is 11.3. The minimum Gasteiger partial charge on any atom is -0.491 e. The van der Waals surface area contributed by atoms with Gasteiger partial charge in [-0.1, -0.05) is 12.1 Å². The maximum atomic E-state index is 11.5. The number of ether oxygens (including phenoxy) is 4. The normalized spacial score (nSPS) is 11.3. The van der Waals surface area contributed by atoms with Gasteiger partial charge in [0, 0.05) is 6.54 Å². The van der Waals surface area contributed by atoms with Crippen LogP contribution in [0.2, 0.25) is 0 Å². The molecule has 7 heteroatoms. The molecule has 1 aromatic carbocycles. The molecule has 0 bridgehead atoms. The average molecular weight is 398 g/mol. The molecule has 0 aromatic heterocycles. The Morgan fingerprint density at radius 3 is 2.25 bits per heavy atom. The third-order valence-electron chi connectivity index (χ3n) is 3.59. The summed E-state index contributed by atoms with van der Waals surface area (Å²) in [5.41, 5.74) is 0.774. The van der Waals surface area contributed by atoms with Gasteiger partial charge in [-0.3, -0.25) is 0 Å². The number of unbranched alkanes of at least 4 members (excludes halogenated alkanes) is 1. The summed E-state index contributed by atoms with van der Waals surface area (Å²) in [6.07, 6.45) is 2.47. The van der Waals surface area contributed by atoms with E-state index in [2.05, 4.69) is 17.4 Å². The first-order chi connectivity index (χ1) is 13.4. The highest BCUT2D eigenvalue weighted by Gasteiger charge is 2.15. The Morgan fingerprint density at radius 1 is 0.964 bits per heavy atom. The maximum absolute atomic E-state index is 11.5. The van der Waals surface area contributed by atoms with Crippen LogP contribution in [-0.2, 0) is 20.6 Å². The number of hydrogen-bond acceptors (Lipinski definition) is 6. The van der Waals surface area contributed by atoms with E-state index in [0.717, 1.165) is 25.0 Å². The molecule has 7 nitrogen and oxygen atoms in total. The molecule has 0 radical (unpaired) electrons. The van der Waals surface area contributed by atoms with Crippen molar-refractivity contribution in [3.05, 3.63) is 29.8 Å². The van der Waals surface area contributed by atoms with Crippen molar-refractivity contribution in [2.75, 3.05) is 46.2 Å². The molecule has 1 rings (SSSR count). The molecule has 1 amide bonds. The SMILES string of the molecule is CC(C)(C)OC(=O)NCCCCc1ccc(OCCOCCOCCO)cc1.